The van der Waals surface area contributed by atoms with Gasteiger partial charge in [-0.25, -0.2) is 4.99 Å². The third-order valence-electron chi connectivity index (χ3n) is 6.61. The molecule has 1 aromatic heterocycles. The summed E-state index contributed by atoms with van der Waals surface area (Å²) in [5.41, 5.74) is 6.56. The van der Waals surface area contributed by atoms with Crippen molar-refractivity contribution in [2.75, 3.05) is 6.61 Å². The molecule has 0 amide bonds. The van der Waals surface area contributed by atoms with Crippen molar-refractivity contribution in [2.24, 2.45) is 4.99 Å². The van der Waals surface area contributed by atoms with E-state index in [1.54, 1.807) is 0 Å². The first-order valence-electron chi connectivity index (χ1n) is 11.8. The van der Waals surface area contributed by atoms with E-state index in [2.05, 4.69) is 40.2 Å². The van der Waals surface area contributed by atoms with Crippen LogP contribution in [0.1, 0.15) is 41.6 Å². The van der Waals surface area contributed by atoms with Gasteiger partial charge in [-0.05, 0) is 88.3 Å². The van der Waals surface area contributed by atoms with Gasteiger partial charge < -0.3 is 4.74 Å². The molecule has 3 aromatic carbocycles. The molecule has 0 radical (unpaired) electrons. The molecule has 1 atom stereocenters. The van der Waals surface area contributed by atoms with Crippen LogP contribution in [0, 0.1) is 0 Å². The first kappa shape index (κ1) is 23.5. The van der Waals surface area contributed by atoms with Gasteiger partial charge in [0.2, 0.25) is 0 Å². The number of aromatic nitrogens is 1. The number of nitrogens with zero attached hydrogens (tertiary/aromatic N) is 2. The van der Waals surface area contributed by atoms with Gasteiger partial charge in [-0.15, -0.1) is 0 Å². The van der Waals surface area contributed by atoms with E-state index >= 15 is 0 Å². The Balaban J connectivity index is 1.56. The van der Waals surface area contributed by atoms with Crippen molar-refractivity contribution in [3.8, 4) is 5.75 Å². The van der Waals surface area contributed by atoms with Gasteiger partial charge in [0.1, 0.15) is 5.75 Å². The molecule has 1 aliphatic heterocycles. The van der Waals surface area contributed by atoms with Gasteiger partial charge in [-0.2, -0.15) is 0 Å². The molecule has 0 saturated carbocycles. The van der Waals surface area contributed by atoms with E-state index in [4.69, 9.17) is 21.3 Å². The average Bonchev–Trinajstić information content (AvgIpc) is 3.19. The van der Waals surface area contributed by atoms with E-state index in [0.29, 0.717) is 21.0 Å². The number of thiazole rings is 1. The molecule has 4 nitrogen and oxygen atoms in total. The Morgan fingerprint density at radius 3 is 2.72 bits per heavy atom. The third-order valence-corrected chi connectivity index (χ3v) is 8.47. The van der Waals surface area contributed by atoms with Crippen LogP contribution < -0.4 is 19.6 Å². The zero-order chi connectivity index (χ0) is 24.8. The van der Waals surface area contributed by atoms with Crippen molar-refractivity contribution in [2.45, 2.75) is 25.8 Å². The van der Waals surface area contributed by atoms with Crippen LogP contribution in [0.25, 0.3) is 11.8 Å². The summed E-state index contributed by atoms with van der Waals surface area (Å²) in [6.45, 7) is 2.55. The highest BCUT2D eigenvalue weighted by Crippen LogP contribution is 2.41. The van der Waals surface area contributed by atoms with Crippen molar-refractivity contribution in [1.29, 1.82) is 0 Å². The zero-order valence-electron chi connectivity index (χ0n) is 19.5. The Labute approximate surface area is 226 Å². The lowest BCUT2D eigenvalue weighted by atomic mass is 9.83. The number of benzene rings is 3. The minimum Gasteiger partial charge on any atom is -0.493 e. The Kier molecular flexibility index (Phi) is 6.20. The highest BCUT2D eigenvalue weighted by Gasteiger charge is 2.32. The normalized spacial score (nSPS) is 16.8. The fraction of sp³-hybridized carbons (Fsp3) is 0.172. The molecule has 0 saturated heterocycles. The monoisotopic (exact) mass is 576 g/mol. The molecule has 0 unspecified atom stereocenters. The molecule has 2 heterocycles. The predicted octanol–water partition coefficient (Wildman–Crippen LogP) is 6.13. The molecule has 2 aliphatic rings. The number of hydrogen-bond donors (Lipinski definition) is 0. The van der Waals surface area contributed by atoms with Crippen LogP contribution in [0.2, 0.25) is 5.02 Å². The zero-order valence-corrected chi connectivity index (χ0v) is 22.7. The third kappa shape index (κ3) is 4.07. The maximum atomic E-state index is 13.8. The molecule has 0 N–H and O–H groups in total. The first-order valence-corrected chi connectivity index (χ1v) is 13.8. The first-order chi connectivity index (χ1) is 17.5. The van der Waals surface area contributed by atoms with Crippen LogP contribution in [-0.4, -0.2) is 11.2 Å². The van der Waals surface area contributed by atoms with Crippen molar-refractivity contribution >= 4 is 50.6 Å². The van der Waals surface area contributed by atoms with Gasteiger partial charge in [0.25, 0.3) is 5.56 Å². The lowest BCUT2D eigenvalue weighted by molar-refractivity contribution is 0.338. The summed E-state index contributed by atoms with van der Waals surface area (Å²) in [6.07, 6.45) is 3.72. The number of rotatable bonds is 4. The van der Waals surface area contributed by atoms with Gasteiger partial charge in [-0.1, -0.05) is 65.4 Å². The van der Waals surface area contributed by atoms with Crippen molar-refractivity contribution < 1.29 is 4.74 Å². The summed E-state index contributed by atoms with van der Waals surface area (Å²) < 4.78 is 9.00. The summed E-state index contributed by atoms with van der Waals surface area (Å²) in [5.74, 6) is 0.783. The SMILES string of the molecule is CCOc1ccc(/C=c2/sc3n(c2=O)[C@H](c2ccc(Cl)cc2)C2=C(N=3)c3ccccc3CC2)cc1Br. The van der Waals surface area contributed by atoms with E-state index in [9.17, 15) is 4.79 Å². The van der Waals surface area contributed by atoms with E-state index in [1.807, 2.05) is 60.0 Å². The lowest BCUT2D eigenvalue weighted by Gasteiger charge is -2.30. The van der Waals surface area contributed by atoms with Crippen LogP contribution in [0.5, 0.6) is 5.75 Å². The second-order valence-corrected chi connectivity index (χ2v) is 11.1. The van der Waals surface area contributed by atoms with Crippen molar-refractivity contribution in [3.05, 3.63) is 124 Å². The van der Waals surface area contributed by atoms with Gasteiger partial charge >= 0.3 is 0 Å². The molecule has 0 fully saturated rings. The molecule has 6 rings (SSSR count). The Bertz CT molecular complexity index is 1700. The second kappa shape index (κ2) is 9.51. The van der Waals surface area contributed by atoms with Crippen LogP contribution in [0.3, 0.4) is 0 Å². The summed E-state index contributed by atoms with van der Waals surface area (Å²) >= 11 is 11.2. The summed E-state index contributed by atoms with van der Waals surface area (Å²) in [6, 6.07) is 21.9. The average molecular weight is 578 g/mol. The Hall–Kier alpha value is -2.93. The fourth-order valence-corrected chi connectivity index (χ4v) is 6.64. The van der Waals surface area contributed by atoms with Crippen LogP contribution >= 0.6 is 38.9 Å². The van der Waals surface area contributed by atoms with Gasteiger partial charge in [0, 0.05) is 10.6 Å². The van der Waals surface area contributed by atoms with Gasteiger partial charge in [0.15, 0.2) is 4.80 Å². The second-order valence-electron chi connectivity index (χ2n) is 8.79. The highest BCUT2D eigenvalue weighted by molar-refractivity contribution is 9.10. The van der Waals surface area contributed by atoms with E-state index in [-0.39, 0.29) is 11.6 Å². The minimum atomic E-state index is -0.212. The Morgan fingerprint density at radius 2 is 1.94 bits per heavy atom. The van der Waals surface area contributed by atoms with Crippen LogP contribution in [0.4, 0.5) is 0 Å². The number of aryl methyl sites for hydroxylation is 1. The van der Waals surface area contributed by atoms with Gasteiger partial charge in [0.05, 0.1) is 27.4 Å². The van der Waals surface area contributed by atoms with E-state index in [0.717, 1.165) is 45.5 Å². The number of allylic oxidation sites excluding steroid dienone is 1. The van der Waals surface area contributed by atoms with Crippen LogP contribution in [0.15, 0.2) is 86.6 Å². The Morgan fingerprint density at radius 1 is 1.14 bits per heavy atom. The summed E-state index contributed by atoms with van der Waals surface area (Å²) in [4.78, 5) is 19.6. The molecule has 1 aliphatic carbocycles. The maximum Gasteiger partial charge on any atom is 0.271 e. The summed E-state index contributed by atoms with van der Waals surface area (Å²) in [5, 5.41) is 0.676. The minimum absolute atomic E-state index is 0.0332. The predicted molar refractivity (Wildman–Crippen MR) is 150 cm³/mol. The van der Waals surface area contributed by atoms with E-state index in [1.165, 1.54) is 22.5 Å². The van der Waals surface area contributed by atoms with E-state index < -0.39 is 0 Å². The largest absolute Gasteiger partial charge is 0.493 e. The molecular weight excluding hydrogens is 556 g/mol. The number of fused-ring (bicyclic) bond motifs is 3. The topological polar surface area (TPSA) is 43.6 Å². The molecule has 0 bridgehead atoms. The fourth-order valence-electron chi connectivity index (χ4n) is 5.00. The number of hydrogen-bond acceptors (Lipinski definition) is 4. The standard InChI is InChI=1S/C29H22BrClN2O2S/c1-2-35-24-14-7-17(15-23(24)30)16-25-28(34)33-27(19-8-11-20(31)12-9-19)22-13-10-18-5-3-4-6-21(18)26(22)32-29(33)36-25/h3-9,11-12,14-16,27H,2,10,13H2,1H3/b25-16+/t27-/m1/s1. The number of ether oxygens (including phenoxy) is 1. The molecular formula is C29H22BrClN2O2S. The quantitative estimate of drug-likeness (QED) is 0.293. The van der Waals surface area contributed by atoms with Crippen LogP contribution in [-0.2, 0) is 6.42 Å². The molecule has 4 aromatic rings. The summed E-state index contributed by atoms with van der Waals surface area (Å²) in [7, 11) is 0. The van der Waals surface area contributed by atoms with Gasteiger partial charge in [-0.3, -0.25) is 9.36 Å². The molecule has 0 spiro atoms. The molecule has 36 heavy (non-hydrogen) atoms. The van der Waals surface area contributed by atoms with Crippen molar-refractivity contribution in [1.82, 2.24) is 4.57 Å². The highest BCUT2D eigenvalue weighted by atomic mass is 79.9. The smallest absolute Gasteiger partial charge is 0.271 e. The molecule has 180 valence electrons. The van der Waals surface area contributed by atoms with Crippen molar-refractivity contribution in [3.63, 3.8) is 0 Å². The molecule has 7 heteroatoms. The lowest BCUT2D eigenvalue weighted by Crippen LogP contribution is -2.38. The number of halogens is 2. The maximum absolute atomic E-state index is 13.8.